The molecule has 1 N–H and O–H groups in total. The lowest BCUT2D eigenvalue weighted by atomic mass is 9.85. The third-order valence-electron chi connectivity index (χ3n) is 4.40. The minimum Gasteiger partial charge on any atom is -0.478 e. The smallest absolute Gasteiger partial charge is 0.340 e. The summed E-state index contributed by atoms with van der Waals surface area (Å²) in [5.74, 6) is -9.24. The van der Waals surface area contributed by atoms with Gasteiger partial charge in [0.25, 0.3) is 0 Å². The molecule has 0 fully saturated rings. The quantitative estimate of drug-likeness (QED) is 0.184. The molecule has 0 spiro atoms. The average molecular weight is 542 g/mol. The van der Waals surface area contributed by atoms with Gasteiger partial charge in [-0.25, -0.2) is 28.8 Å². The SMILES string of the molecule is C=CCOC(=O)c1c(C(=O)O)c(C(=O)OCC=C)c(C(=O)OCC=C)c(C(=O)OCC=C)c1C(=O)OCC=C. The molecule has 0 saturated carbocycles. The first kappa shape index (κ1) is 31.8. The number of hydrogen-bond acceptors (Lipinski definition) is 11. The van der Waals surface area contributed by atoms with E-state index in [1.54, 1.807) is 0 Å². The molecular formula is C27H26O12. The zero-order chi connectivity index (χ0) is 29.5. The third kappa shape index (κ3) is 7.86. The molecule has 0 unspecified atom stereocenters. The maximum absolute atomic E-state index is 13.3. The molecule has 12 heteroatoms. The number of esters is 5. The summed E-state index contributed by atoms with van der Waals surface area (Å²) in [6.07, 6.45) is 5.69. The Morgan fingerprint density at radius 1 is 0.436 bits per heavy atom. The Bertz CT molecular complexity index is 1150. The molecule has 1 aromatic rings. The van der Waals surface area contributed by atoms with Gasteiger partial charge in [0.2, 0.25) is 0 Å². The van der Waals surface area contributed by atoms with E-state index in [0.29, 0.717) is 0 Å². The molecule has 1 rings (SSSR count). The van der Waals surface area contributed by atoms with E-state index in [9.17, 15) is 33.9 Å². The molecule has 206 valence electrons. The van der Waals surface area contributed by atoms with Gasteiger partial charge in [0.15, 0.2) is 0 Å². The van der Waals surface area contributed by atoms with Gasteiger partial charge in [-0.05, 0) is 0 Å². The Morgan fingerprint density at radius 3 is 0.769 bits per heavy atom. The van der Waals surface area contributed by atoms with Crippen LogP contribution in [-0.2, 0) is 23.7 Å². The number of benzene rings is 1. The fourth-order valence-corrected chi connectivity index (χ4v) is 3.02. The van der Waals surface area contributed by atoms with Crippen LogP contribution in [0.25, 0.3) is 0 Å². The Balaban J connectivity index is 4.53. The summed E-state index contributed by atoms with van der Waals surface area (Å²) in [7, 11) is 0. The van der Waals surface area contributed by atoms with Gasteiger partial charge in [0, 0.05) is 0 Å². The summed E-state index contributed by atoms with van der Waals surface area (Å²) in [5.41, 5.74) is -6.47. The second-order valence-corrected chi connectivity index (χ2v) is 6.99. The van der Waals surface area contributed by atoms with Crippen molar-refractivity contribution in [2.24, 2.45) is 0 Å². The summed E-state index contributed by atoms with van der Waals surface area (Å²) in [4.78, 5) is 78.4. The number of aromatic carboxylic acids is 1. The van der Waals surface area contributed by atoms with Crippen LogP contribution >= 0.6 is 0 Å². The minimum atomic E-state index is -1.97. The monoisotopic (exact) mass is 542 g/mol. The molecule has 0 aromatic heterocycles. The highest BCUT2D eigenvalue weighted by Crippen LogP contribution is 2.33. The van der Waals surface area contributed by atoms with Gasteiger partial charge in [-0.2, -0.15) is 0 Å². The maximum atomic E-state index is 13.3. The number of carbonyl (C=O) groups is 6. The van der Waals surface area contributed by atoms with Crippen molar-refractivity contribution in [3.63, 3.8) is 0 Å². The Labute approximate surface area is 223 Å². The molecule has 0 aliphatic carbocycles. The number of carboxylic acids is 1. The fourth-order valence-electron chi connectivity index (χ4n) is 3.02. The van der Waals surface area contributed by atoms with Crippen LogP contribution in [0.3, 0.4) is 0 Å². The van der Waals surface area contributed by atoms with E-state index in [1.807, 2.05) is 0 Å². The van der Waals surface area contributed by atoms with Gasteiger partial charge >= 0.3 is 35.8 Å². The molecule has 1 aromatic carbocycles. The zero-order valence-electron chi connectivity index (χ0n) is 20.9. The van der Waals surface area contributed by atoms with E-state index < -0.39 is 102 Å². The van der Waals surface area contributed by atoms with E-state index >= 15 is 0 Å². The first-order chi connectivity index (χ1) is 18.6. The van der Waals surface area contributed by atoms with Crippen molar-refractivity contribution in [1.29, 1.82) is 0 Å². The summed E-state index contributed by atoms with van der Waals surface area (Å²) >= 11 is 0. The van der Waals surface area contributed by atoms with Crippen molar-refractivity contribution in [1.82, 2.24) is 0 Å². The molecule has 0 aliphatic heterocycles. The second kappa shape index (κ2) is 15.8. The number of carboxylic acid groups (broad SMARTS) is 1. The first-order valence-electron chi connectivity index (χ1n) is 11.0. The fraction of sp³-hybridized carbons (Fsp3) is 0.185. The molecule has 0 saturated heterocycles. The average Bonchev–Trinajstić information content (AvgIpc) is 2.92. The molecule has 0 radical (unpaired) electrons. The first-order valence-corrected chi connectivity index (χ1v) is 11.0. The molecule has 0 atom stereocenters. The Hall–Kier alpha value is -5.26. The number of carbonyl (C=O) groups excluding carboxylic acids is 5. The minimum absolute atomic E-state index is 0.450. The molecule has 0 aliphatic rings. The van der Waals surface area contributed by atoms with Crippen LogP contribution < -0.4 is 0 Å². The van der Waals surface area contributed by atoms with Gasteiger partial charge in [0.1, 0.15) is 33.0 Å². The Kier molecular flexibility index (Phi) is 12.8. The van der Waals surface area contributed by atoms with E-state index in [4.69, 9.17) is 23.7 Å². The van der Waals surface area contributed by atoms with Crippen molar-refractivity contribution in [3.8, 4) is 0 Å². The lowest BCUT2D eigenvalue weighted by Crippen LogP contribution is -2.31. The largest absolute Gasteiger partial charge is 0.478 e. The van der Waals surface area contributed by atoms with Crippen molar-refractivity contribution < 1.29 is 57.6 Å². The van der Waals surface area contributed by atoms with E-state index in [-0.39, 0.29) is 0 Å². The normalized spacial score (nSPS) is 9.74. The van der Waals surface area contributed by atoms with Crippen LogP contribution in [0.15, 0.2) is 63.3 Å². The molecule has 12 nitrogen and oxygen atoms in total. The van der Waals surface area contributed by atoms with Crippen LogP contribution in [0.2, 0.25) is 0 Å². The predicted molar refractivity (Wildman–Crippen MR) is 136 cm³/mol. The second-order valence-electron chi connectivity index (χ2n) is 6.99. The van der Waals surface area contributed by atoms with Crippen LogP contribution in [-0.4, -0.2) is 74.0 Å². The van der Waals surface area contributed by atoms with E-state index in [0.717, 1.165) is 30.4 Å². The van der Waals surface area contributed by atoms with Gasteiger partial charge in [-0.1, -0.05) is 63.3 Å². The highest BCUT2D eigenvalue weighted by molar-refractivity contribution is 6.24. The molecule has 39 heavy (non-hydrogen) atoms. The van der Waals surface area contributed by atoms with E-state index in [1.165, 1.54) is 0 Å². The zero-order valence-corrected chi connectivity index (χ0v) is 20.9. The van der Waals surface area contributed by atoms with Gasteiger partial charge < -0.3 is 28.8 Å². The summed E-state index contributed by atoms with van der Waals surface area (Å²) in [5, 5.41) is 10.1. The number of ether oxygens (including phenoxy) is 5. The third-order valence-corrected chi connectivity index (χ3v) is 4.40. The summed E-state index contributed by atoms with van der Waals surface area (Å²) in [6, 6.07) is 0. The van der Waals surface area contributed by atoms with E-state index in [2.05, 4.69) is 32.9 Å². The summed E-state index contributed by atoms with van der Waals surface area (Å²) < 4.78 is 24.9. The molecule has 0 amide bonds. The van der Waals surface area contributed by atoms with Crippen LogP contribution in [0.5, 0.6) is 0 Å². The molecule has 0 bridgehead atoms. The van der Waals surface area contributed by atoms with Gasteiger partial charge in [-0.3, -0.25) is 0 Å². The van der Waals surface area contributed by atoms with Gasteiger partial charge in [0.05, 0.1) is 33.4 Å². The maximum Gasteiger partial charge on any atom is 0.340 e. The topological polar surface area (TPSA) is 169 Å². The van der Waals surface area contributed by atoms with Crippen LogP contribution in [0, 0.1) is 0 Å². The summed E-state index contributed by atoms with van der Waals surface area (Å²) in [6.45, 7) is 14.6. The highest BCUT2D eigenvalue weighted by atomic mass is 16.6. The van der Waals surface area contributed by atoms with Gasteiger partial charge in [-0.15, -0.1) is 0 Å². The van der Waals surface area contributed by atoms with Crippen molar-refractivity contribution in [3.05, 3.63) is 96.7 Å². The molecule has 0 heterocycles. The lowest BCUT2D eigenvalue weighted by Gasteiger charge is -2.21. The standard InChI is InChI=1S/C27H26O12/c1-6-11-35-23(30)17-16(22(28)29)18(24(31)36-12-7-2)20(26(33)38-14-9-4)21(27(34)39-15-10-5)19(17)25(32)37-13-8-3/h6-10H,1-5,11-15H2,(H,28,29). The molecular weight excluding hydrogens is 516 g/mol. The lowest BCUT2D eigenvalue weighted by molar-refractivity contribution is 0.0450. The van der Waals surface area contributed by atoms with Crippen molar-refractivity contribution >= 4 is 35.8 Å². The predicted octanol–water partition coefficient (Wildman–Crippen LogP) is 3.10. The number of hydrogen-bond donors (Lipinski definition) is 1. The number of rotatable bonds is 16. The van der Waals surface area contributed by atoms with Crippen molar-refractivity contribution in [2.45, 2.75) is 0 Å². The highest BCUT2D eigenvalue weighted by Gasteiger charge is 2.42. The van der Waals surface area contributed by atoms with Crippen molar-refractivity contribution in [2.75, 3.05) is 33.0 Å². The Morgan fingerprint density at radius 2 is 0.615 bits per heavy atom. The van der Waals surface area contributed by atoms with Crippen LogP contribution in [0.4, 0.5) is 0 Å². The van der Waals surface area contributed by atoms with Crippen LogP contribution in [0.1, 0.15) is 62.1 Å².